The van der Waals surface area contributed by atoms with Gasteiger partial charge in [-0.2, -0.15) is 0 Å². The van der Waals surface area contributed by atoms with E-state index in [0.717, 1.165) is 19.8 Å². The van der Waals surface area contributed by atoms with Crippen LogP contribution in [0.4, 0.5) is 5.69 Å². The maximum Gasteiger partial charge on any atom is 0.263 e. The van der Waals surface area contributed by atoms with E-state index >= 15 is 0 Å². The molecular weight excluding hydrogens is 372 g/mol. The second-order valence-corrected chi connectivity index (χ2v) is 8.60. The quantitative estimate of drug-likeness (QED) is 0.821. The van der Waals surface area contributed by atoms with E-state index < -0.39 is 10.0 Å². The van der Waals surface area contributed by atoms with Gasteiger partial charge in [-0.3, -0.25) is 4.72 Å². The van der Waals surface area contributed by atoms with E-state index in [1.54, 1.807) is 12.1 Å². The molecule has 2 N–H and O–H groups in total. The van der Waals surface area contributed by atoms with Gasteiger partial charge < -0.3 is 5.32 Å². The maximum absolute atomic E-state index is 12.5. The Bertz CT molecular complexity index is 754. The lowest BCUT2D eigenvalue weighted by molar-refractivity contribution is 0.601. The fourth-order valence-electron chi connectivity index (χ4n) is 1.96. The van der Waals surface area contributed by atoms with Crippen molar-refractivity contribution in [3.8, 4) is 0 Å². The molecule has 2 rings (SSSR count). The van der Waals surface area contributed by atoms with Gasteiger partial charge in [0.05, 0.1) is 5.69 Å². The van der Waals surface area contributed by atoms with Gasteiger partial charge in [-0.1, -0.05) is 6.07 Å². The van der Waals surface area contributed by atoms with Crippen molar-refractivity contribution in [3.05, 3.63) is 44.1 Å². The first-order valence-corrected chi connectivity index (χ1v) is 9.45. The number of anilines is 1. The number of sulfonamides is 1. The van der Waals surface area contributed by atoms with Gasteiger partial charge in [0.1, 0.15) is 4.90 Å². The summed E-state index contributed by atoms with van der Waals surface area (Å²) < 4.78 is 28.4. The highest BCUT2D eigenvalue weighted by atomic mass is 79.9. The molecule has 0 atom stereocenters. The summed E-state index contributed by atoms with van der Waals surface area (Å²) in [7, 11) is -1.74. The minimum atomic E-state index is -3.57. The minimum absolute atomic E-state index is 0.338. The molecule has 0 bridgehead atoms. The molecule has 0 aliphatic heterocycles. The second-order valence-electron chi connectivity index (χ2n) is 4.75. The molecule has 1 aromatic carbocycles. The third-order valence-corrected chi connectivity index (χ3v) is 6.26. The molecule has 0 amide bonds. The Morgan fingerprint density at radius 1 is 1.24 bits per heavy atom. The highest BCUT2D eigenvalue weighted by molar-refractivity contribution is 9.10. The van der Waals surface area contributed by atoms with E-state index in [-0.39, 0.29) is 0 Å². The van der Waals surface area contributed by atoms with Crippen molar-refractivity contribution < 1.29 is 8.42 Å². The van der Waals surface area contributed by atoms with Gasteiger partial charge in [-0.25, -0.2) is 8.42 Å². The lowest BCUT2D eigenvalue weighted by Gasteiger charge is -2.10. The van der Waals surface area contributed by atoms with E-state index in [4.69, 9.17) is 0 Å². The van der Waals surface area contributed by atoms with Crippen molar-refractivity contribution in [3.63, 3.8) is 0 Å². The molecule has 21 heavy (non-hydrogen) atoms. The summed E-state index contributed by atoms with van der Waals surface area (Å²) in [5, 5.41) is 3.03. The molecule has 2 aromatic rings. The number of nitrogens with one attached hydrogen (secondary N) is 2. The molecule has 0 saturated heterocycles. The Hall–Kier alpha value is -0.890. The third-order valence-electron chi connectivity index (χ3n) is 2.93. The van der Waals surface area contributed by atoms with Crippen LogP contribution >= 0.6 is 27.3 Å². The molecule has 0 saturated carbocycles. The molecule has 0 radical (unpaired) electrons. The zero-order chi connectivity index (χ0) is 15.6. The van der Waals surface area contributed by atoms with Crippen LogP contribution in [0.25, 0.3) is 0 Å². The number of rotatable bonds is 5. The average molecular weight is 389 g/mol. The SMILES string of the molecule is CNCc1cc(S(=O)(=O)Nc2ccc(C)cc2Br)c(C)s1. The monoisotopic (exact) mass is 388 g/mol. The van der Waals surface area contributed by atoms with Crippen molar-refractivity contribution in [1.29, 1.82) is 0 Å². The summed E-state index contributed by atoms with van der Waals surface area (Å²) in [6.07, 6.45) is 0. The predicted octanol–water partition coefficient (Wildman–Crippen LogP) is 3.65. The van der Waals surface area contributed by atoms with Gasteiger partial charge >= 0.3 is 0 Å². The van der Waals surface area contributed by atoms with Gasteiger partial charge in [0, 0.05) is 20.8 Å². The Morgan fingerprint density at radius 3 is 2.57 bits per heavy atom. The topological polar surface area (TPSA) is 58.2 Å². The fourth-order valence-corrected chi connectivity index (χ4v) is 5.41. The normalized spacial score (nSPS) is 11.6. The van der Waals surface area contributed by atoms with Crippen LogP contribution in [0.2, 0.25) is 0 Å². The van der Waals surface area contributed by atoms with Crippen molar-refractivity contribution >= 4 is 43.0 Å². The number of benzene rings is 1. The second kappa shape index (κ2) is 6.48. The molecule has 114 valence electrons. The predicted molar refractivity (Wildman–Crippen MR) is 91.5 cm³/mol. The van der Waals surface area contributed by atoms with Crippen molar-refractivity contribution in [2.24, 2.45) is 0 Å². The van der Waals surface area contributed by atoms with Crippen molar-refractivity contribution in [2.45, 2.75) is 25.3 Å². The third kappa shape index (κ3) is 3.85. The molecule has 4 nitrogen and oxygen atoms in total. The number of thiophene rings is 1. The number of hydrogen-bond donors (Lipinski definition) is 2. The molecule has 0 aliphatic rings. The lowest BCUT2D eigenvalue weighted by atomic mass is 10.2. The minimum Gasteiger partial charge on any atom is -0.315 e. The fraction of sp³-hybridized carbons (Fsp3) is 0.286. The zero-order valence-electron chi connectivity index (χ0n) is 12.0. The summed E-state index contributed by atoms with van der Waals surface area (Å²) in [5.74, 6) is 0. The van der Waals surface area contributed by atoms with Gasteiger partial charge in [-0.05, 0) is 60.6 Å². The molecule has 1 heterocycles. The standard InChI is InChI=1S/C14H17BrN2O2S2/c1-9-4-5-13(12(15)6-9)17-21(18,19)14-7-11(8-16-3)20-10(14)2/h4-7,16-17H,8H2,1-3H3. The lowest BCUT2D eigenvalue weighted by Crippen LogP contribution is -2.13. The van der Waals surface area contributed by atoms with Crippen LogP contribution < -0.4 is 10.0 Å². The smallest absolute Gasteiger partial charge is 0.263 e. The van der Waals surface area contributed by atoms with E-state index in [0.29, 0.717) is 17.1 Å². The van der Waals surface area contributed by atoms with E-state index in [9.17, 15) is 8.42 Å². The Kier molecular flexibility index (Phi) is 5.08. The van der Waals surface area contributed by atoms with Gasteiger partial charge in [0.2, 0.25) is 0 Å². The summed E-state index contributed by atoms with van der Waals surface area (Å²) in [4.78, 5) is 2.12. The largest absolute Gasteiger partial charge is 0.315 e. The van der Waals surface area contributed by atoms with Crippen LogP contribution in [-0.4, -0.2) is 15.5 Å². The Morgan fingerprint density at radius 2 is 1.95 bits per heavy atom. The molecule has 0 spiro atoms. The van der Waals surface area contributed by atoms with Crippen LogP contribution in [0.3, 0.4) is 0 Å². The first kappa shape index (κ1) is 16.5. The summed E-state index contributed by atoms with van der Waals surface area (Å²) in [5.41, 5.74) is 1.61. The van der Waals surface area contributed by atoms with Crippen LogP contribution in [-0.2, 0) is 16.6 Å². The zero-order valence-corrected chi connectivity index (χ0v) is 15.2. The Labute approximate surface area is 137 Å². The van der Waals surface area contributed by atoms with Crippen LogP contribution in [0.1, 0.15) is 15.3 Å². The van der Waals surface area contributed by atoms with Crippen LogP contribution in [0.5, 0.6) is 0 Å². The molecular formula is C14H17BrN2O2S2. The van der Waals surface area contributed by atoms with Gasteiger partial charge in [0.25, 0.3) is 10.0 Å². The number of halogens is 1. The van der Waals surface area contributed by atoms with E-state index in [2.05, 4.69) is 26.0 Å². The highest BCUT2D eigenvalue weighted by Crippen LogP contribution is 2.30. The van der Waals surface area contributed by atoms with E-state index in [1.807, 2.05) is 33.0 Å². The van der Waals surface area contributed by atoms with Gasteiger partial charge in [0.15, 0.2) is 0 Å². The number of aryl methyl sites for hydroxylation is 2. The summed E-state index contributed by atoms with van der Waals surface area (Å²) >= 11 is 4.88. The van der Waals surface area contributed by atoms with Gasteiger partial charge in [-0.15, -0.1) is 11.3 Å². The van der Waals surface area contributed by atoms with Crippen LogP contribution in [0, 0.1) is 13.8 Å². The maximum atomic E-state index is 12.5. The number of hydrogen-bond acceptors (Lipinski definition) is 4. The summed E-state index contributed by atoms with van der Waals surface area (Å²) in [6.45, 7) is 4.44. The molecule has 7 heteroatoms. The first-order valence-electron chi connectivity index (χ1n) is 6.36. The highest BCUT2D eigenvalue weighted by Gasteiger charge is 2.20. The molecule has 0 fully saturated rings. The Balaban J connectivity index is 2.34. The molecule has 1 aromatic heterocycles. The van der Waals surface area contributed by atoms with Crippen molar-refractivity contribution in [1.82, 2.24) is 5.32 Å². The molecule has 0 unspecified atom stereocenters. The van der Waals surface area contributed by atoms with Crippen molar-refractivity contribution in [2.75, 3.05) is 11.8 Å². The van der Waals surface area contributed by atoms with Crippen LogP contribution in [0.15, 0.2) is 33.6 Å². The average Bonchev–Trinajstić information content (AvgIpc) is 2.75. The summed E-state index contributed by atoms with van der Waals surface area (Å²) in [6, 6.07) is 7.23. The van der Waals surface area contributed by atoms with E-state index in [1.165, 1.54) is 11.3 Å². The molecule has 0 aliphatic carbocycles. The first-order chi connectivity index (χ1) is 9.83.